The standard InChI is InChI=1S/C22H28N2O6S/c1-28-18-9-7-16(20(15-18)30-3)13-22(25)23-17-8-10-19(29-2)21(14-17)31(26,27)24-11-5-4-6-12-24/h7-10,14-15H,4-6,11-13H2,1-3H3,(H,23,25). The summed E-state index contributed by atoms with van der Waals surface area (Å²) in [5.74, 6) is 1.12. The molecule has 1 aliphatic rings. The van der Waals surface area contributed by atoms with Gasteiger partial charge in [-0.05, 0) is 37.1 Å². The van der Waals surface area contributed by atoms with Crippen molar-refractivity contribution in [3.05, 3.63) is 42.0 Å². The summed E-state index contributed by atoms with van der Waals surface area (Å²) in [6.07, 6.45) is 2.75. The van der Waals surface area contributed by atoms with Crippen LogP contribution in [0.1, 0.15) is 24.8 Å². The van der Waals surface area contributed by atoms with Crippen LogP contribution in [0.3, 0.4) is 0 Å². The van der Waals surface area contributed by atoms with Gasteiger partial charge in [-0.3, -0.25) is 4.79 Å². The zero-order chi connectivity index (χ0) is 22.4. The van der Waals surface area contributed by atoms with E-state index in [-0.39, 0.29) is 23.0 Å². The lowest BCUT2D eigenvalue weighted by molar-refractivity contribution is -0.115. The number of hydrogen-bond acceptors (Lipinski definition) is 6. The number of nitrogens with one attached hydrogen (secondary N) is 1. The van der Waals surface area contributed by atoms with Crippen LogP contribution in [-0.2, 0) is 21.2 Å². The van der Waals surface area contributed by atoms with Crippen molar-refractivity contribution < 1.29 is 27.4 Å². The maximum Gasteiger partial charge on any atom is 0.246 e. The van der Waals surface area contributed by atoms with Crippen molar-refractivity contribution in [2.75, 3.05) is 39.7 Å². The first-order valence-electron chi connectivity index (χ1n) is 10.1. The van der Waals surface area contributed by atoms with E-state index in [4.69, 9.17) is 14.2 Å². The molecular weight excluding hydrogens is 420 g/mol. The number of hydrogen-bond donors (Lipinski definition) is 1. The number of piperidine rings is 1. The number of carbonyl (C=O) groups is 1. The Hall–Kier alpha value is -2.78. The van der Waals surface area contributed by atoms with Gasteiger partial charge in [0.1, 0.15) is 22.1 Å². The SMILES string of the molecule is COc1ccc(CC(=O)Nc2ccc(OC)c(S(=O)(=O)N3CCCCC3)c2)c(OC)c1. The molecule has 0 saturated carbocycles. The molecule has 31 heavy (non-hydrogen) atoms. The number of anilines is 1. The molecule has 8 nitrogen and oxygen atoms in total. The van der Waals surface area contributed by atoms with Gasteiger partial charge in [0.05, 0.1) is 27.8 Å². The molecule has 0 aliphatic carbocycles. The van der Waals surface area contributed by atoms with Crippen LogP contribution in [0.15, 0.2) is 41.3 Å². The Kier molecular flexibility index (Phi) is 7.40. The lowest BCUT2D eigenvalue weighted by atomic mass is 10.1. The summed E-state index contributed by atoms with van der Waals surface area (Å²) in [6.45, 7) is 0.971. The van der Waals surface area contributed by atoms with Crippen LogP contribution in [0.2, 0.25) is 0 Å². The maximum absolute atomic E-state index is 13.1. The van der Waals surface area contributed by atoms with Crippen LogP contribution in [0.5, 0.6) is 17.2 Å². The lowest BCUT2D eigenvalue weighted by Crippen LogP contribution is -2.35. The van der Waals surface area contributed by atoms with Crippen molar-refractivity contribution in [1.29, 1.82) is 0 Å². The number of nitrogens with zero attached hydrogens (tertiary/aromatic N) is 1. The second-order valence-corrected chi connectivity index (χ2v) is 9.14. The molecule has 0 aromatic heterocycles. The van der Waals surface area contributed by atoms with Gasteiger partial charge < -0.3 is 19.5 Å². The molecular formula is C22H28N2O6S. The molecule has 9 heteroatoms. The second kappa shape index (κ2) is 10.0. The Morgan fingerprint density at radius 1 is 0.935 bits per heavy atom. The minimum atomic E-state index is -3.72. The number of amides is 1. The van der Waals surface area contributed by atoms with Crippen molar-refractivity contribution in [2.45, 2.75) is 30.6 Å². The van der Waals surface area contributed by atoms with Gasteiger partial charge in [0, 0.05) is 30.4 Å². The van der Waals surface area contributed by atoms with Gasteiger partial charge in [-0.2, -0.15) is 4.31 Å². The lowest BCUT2D eigenvalue weighted by Gasteiger charge is -2.26. The monoisotopic (exact) mass is 448 g/mol. The van der Waals surface area contributed by atoms with Gasteiger partial charge in [-0.25, -0.2) is 8.42 Å². The Labute approximate surface area is 183 Å². The van der Waals surface area contributed by atoms with Crippen LogP contribution in [0.4, 0.5) is 5.69 Å². The van der Waals surface area contributed by atoms with Gasteiger partial charge in [0.25, 0.3) is 0 Å². The smallest absolute Gasteiger partial charge is 0.246 e. The topological polar surface area (TPSA) is 94.2 Å². The highest BCUT2D eigenvalue weighted by Crippen LogP contribution is 2.31. The average molecular weight is 449 g/mol. The zero-order valence-corrected chi connectivity index (χ0v) is 18.8. The number of ether oxygens (including phenoxy) is 3. The van der Waals surface area contributed by atoms with E-state index in [1.807, 2.05) is 0 Å². The molecule has 1 saturated heterocycles. The predicted molar refractivity (Wildman–Crippen MR) is 117 cm³/mol. The zero-order valence-electron chi connectivity index (χ0n) is 18.0. The van der Waals surface area contributed by atoms with E-state index in [0.717, 1.165) is 19.3 Å². The van der Waals surface area contributed by atoms with Crippen molar-refractivity contribution in [1.82, 2.24) is 4.31 Å². The Morgan fingerprint density at radius 3 is 2.29 bits per heavy atom. The van der Waals surface area contributed by atoms with Crippen molar-refractivity contribution in [2.24, 2.45) is 0 Å². The van der Waals surface area contributed by atoms with E-state index in [1.54, 1.807) is 37.4 Å². The molecule has 0 spiro atoms. The van der Waals surface area contributed by atoms with Crippen LogP contribution < -0.4 is 19.5 Å². The van der Waals surface area contributed by atoms with Crippen LogP contribution >= 0.6 is 0 Å². The van der Waals surface area contributed by atoms with Gasteiger partial charge in [-0.15, -0.1) is 0 Å². The van der Waals surface area contributed by atoms with E-state index in [2.05, 4.69) is 5.32 Å². The Morgan fingerprint density at radius 2 is 1.65 bits per heavy atom. The van der Waals surface area contributed by atoms with Gasteiger partial charge >= 0.3 is 0 Å². The number of sulfonamides is 1. The fourth-order valence-corrected chi connectivity index (χ4v) is 5.28. The fourth-order valence-electron chi connectivity index (χ4n) is 3.58. The Balaban J connectivity index is 1.81. The van der Waals surface area contributed by atoms with Gasteiger partial charge in [0.15, 0.2) is 0 Å². The maximum atomic E-state index is 13.1. The van der Waals surface area contributed by atoms with Crippen molar-refractivity contribution in [3.63, 3.8) is 0 Å². The largest absolute Gasteiger partial charge is 0.497 e. The van der Waals surface area contributed by atoms with E-state index < -0.39 is 10.0 Å². The third-order valence-electron chi connectivity index (χ3n) is 5.23. The molecule has 0 radical (unpaired) electrons. The molecule has 2 aromatic rings. The first kappa shape index (κ1) is 22.9. The first-order chi connectivity index (χ1) is 14.9. The van der Waals surface area contributed by atoms with E-state index in [0.29, 0.717) is 35.8 Å². The third-order valence-corrected chi connectivity index (χ3v) is 7.15. The molecule has 1 amide bonds. The van der Waals surface area contributed by atoms with Gasteiger partial charge in [-0.1, -0.05) is 12.5 Å². The molecule has 1 fully saturated rings. The fraction of sp³-hybridized carbons (Fsp3) is 0.409. The molecule has 2 aromatic carbocycles. The summed E-state index contributed by atoms with van der Waals surface area (Å²) >= 11 is 0. The van der Waals surface area contributed by atoms with Crippen LogP contribution in [-0.4, -0.2) is 53.0 Å². The minimum Gasteiger partial charge on any atom is -0.497 e. The quantitative estimate of drug-likeness (QED) is 0.667. The molecule has 168 valence electrons. The Bertz CT molecular complexity index is 1030. The van der Waals surface area contributed by atoms with Crippen LogP contribution in [0.25, 0.3) is 0 Å². The second-order valence-electron chi connectivity index (χ2n) is 7.23. The molecule has 1 heterocycles. The predicted octanol–water partition coefficient (Wildman–Crippen LogP) is 3.07. The van der Waals surface area contributed by atoms with Gasteiger partial charge in [0.2, 0.25) is 15.9 Å². The third kappa shape index (κ3) is 5.29. The summed E-state index contributed by atoms with van der Waals surface area (Å²) in [7, 11) is 0.793. The summed E-state index contributed by atoms with van der Waals surface area (Å²) in [4.78, 5) is 12.7. The molecule has 0 bridgehead atoms. The molecule has 1 N–H and O–H groups in total. The molecule has 3 rings (SSSR count). The number of carbonyl (C=O) groups excluding carboxylic acids is 1. The van der Waals surface area contributed by atoms with Crippen LogP contribution in [0, 0.1) is 0 Å². The highest BCUT2D eigenvalue weighted by atomic mass is 32.2. The number of benzene rings is 2. The normalized spacial score (nSPS) is 14.7. The highest BCUT2D eigenvalue weighted by Gasteiger charge is 2.29. The summed E-state index contributed by atoms with van der Waals surface area (Å²) in [6, 6.07) is 9.85. The number of rotatable bonds is 8. The molecule has 0 atom stereocenters. The van der Waals surface area contributed by atoms with Crippen molar-refractivity contribution >= 4 is 21.6 Å². The average Bonchev–Trinajstić information content (AvgIpc) is 2.79. The molecule has 1 aliphatic heterocycles. The summed E-state index contributed by atoms with van der Waals surface area (Å²) < 4.78 is 43.6. The van der Waals surface area contributed by atoms with E-state index >= 15 is 0 Å². The van der Waals surface area contributed by atoms with Crippen molar-refractivity contribution in [3.8, 4) is 17.2 Å². The summed E-state index contributed by atoms with van der Waals surface area (Å²) in [5, 5.41) is 2.77. The van der Waals surface area contributed by atoms with E-state index in [9.17, 15) is 13.2 Å². The highest BCUT2D eigenvalue weighted by molar-refractivity contribution is 7.89. The minimum absolute atomic E-state index is 0.0525. The summed E-state index contributed by atoms with van der Waals surface area (Å²) in [5.41, 5.74) is 1.07. The molecule has 0 unspecified atom stereocenters. The van der Waals surface area contributed by atoms with E-state index in [1.165, 1.54) is 24.6 Å². The number of methoxy groups -OCH3 is 3. The first-order valence-corrected chi connectivity index (χ1v) is 11.5.